The fraction of sp³-hybridized carbons (Fsp3) is 0.647. The molecule has 1 aromatic carbocycles. The summed E-state index contributed by atoms with van der Waals surface area (Å²) in [7, 11) is 4.95. The number of hydrogen-bond acceptors (Lipinski definition) is 4. The van der Waals surface area contributed by atoms with Crippen molar-refractivity contribution in [2.75, 3.05) is 27.9 Å². The molecule has 1 N–H and O–H groups in total. The van der Waals surface area contributed by atoms with E-state index in [1.54, 1.807) is 21.3 Å². The fourth-order valence-corrected chi connectivity index (χ4v) is 3.20. The average molecular weight is 293 g/mol. The summed E-state index contributed by atoms with van der Waals surface area (Å²) >= 11 is 0. The van der Waals surface area contributed by atoms with Crippen LogP contribution in [0, 0.1) is 5.92 Å². The zero-order valence-electron chi connectivity index (χ0n) is 13.6. The van der Waals surface area contributed by atoms with Crippen molar-refractivity contribution in [2.24, 2.45) is 5.92 Å². The van der Waals surface area contributed by atoms with Crippen LogP contribution in [0.3, 0.4) is 0 Å². The van der Waals surface area contributed by atoms with E-state index in [1.165, 1.54) is 19.3 Å². The lowest BCUT2D eigenvalue weighted by Crippen LogP contribution is -2.32. The minimum Gasteiger partial charge on any atom is -0.493 e. The van der Waals surface area contributed by atoms with E-state index in [4.69, 9.17) is 14.2 Å². The molecule has 4 nitrogen and oxygen atoms in total. The van der Waals surface area contributed by atoms with E-state index in [9.17, 15) is 0 Å². The Morgan fingerprint density at radius 2 is 1.81 bits per heavy atom. The predicted octanol–water partition coefficient (Wildman–Crippen LogP) is 3.03. The van der Waals surface area contributed by atoms with Gasteiger partial charge in [-0.2, -0.15) is 0 Å². The molecule has 2 atom stereocenters. The Balaban J connectivity index is 2.02. The van der Waals surface area contributed by atoms with E-state index < -0.39 is 0 Å². The second-order valence-corrected chi connectivity index (χ2v) is 5.71. The third-order valence-corrected chi connectivity index (χ3v) is 4.45. The Hall–Kier alpha value is -1.42. The second-order valence-electron chi connectivity index (χ2n) is 5.71. The minimum atomic E-state index is 0.663. The minimum absolute atomic E-state index is 0.663. The second kappa shape index (κ2) is 7.55. The molecule has 21 heavy (non-hydrogen) atoms. The summed E-state index contributed by atoms with van der Waals surface area (Å²) in [5.41, 5.74) is 1.15. The van der Waals surface area contributed by atoms with Gasteiger partial charge in [-0.3, -0.25) is 0 Å². The van der Waals surface area contributed by atoms with Crippen molar-refractivity contribution in [3.63, 3.8) is 0 Å². The molecule has 118 valence electrons. The van der Waals surface area contributed by atoms with E-state index in [0.29, 0.717) is 17.5 Å². The van der Waals surface area contributed by atoms with Gasteiger partial charge in [0.05, 0.1) is 21.3 Å². The summed E-state index contributed by atoms with van der Waals surface area (Å²) in [5.74, 6) is 2.94. The highest BCUT2D eigenvalue weighted by Crippen LogP contribution is 2.39. The summed E-state index contributed by atoms with van der Waals surface area (Å²) in [6.07, 6.45) is 4.91. The molecule has 0 radical (unpaired) electrons. The highest BCUT2D eigenvalue weighted by atomic mass is 16.5. The fourth-order valence-electron chi connectivity index (χ4n) is 3.20. The van der Waals surface area contributed by atoms with Crippen LogP contribution in [-0.4, -0.2) is 33.9 Å². The first-order chi connectivity index (χ1) is 10.2. The number of methoxy groups -OCH3 is 3. The van der Waals surface area contributed by atoms with Gasteiger partial charge in [-0.05, 0) is 43.4 Å². The Kier molecular flexibility index (Phi) is 5.74. The SMILES string of the molecule is COc1ccc(CCN[C@@H]2CCC[C@H]2C)c(OC)c1OC. The van der Waals surface area contributed by atoms with Crippen LogP contribution in [-0.2, 0) is 6.42 Å². The van der Waals surface area contributed by atoms with Gasteiger partial charge in [0.1, 0.15) is 0 Å². The van der Waals surface area contributed by atoms with Gasteiger partial charge >= 0.3 is 0 Å². The van der Waals surface area contributed by atoms with Crippen LogP contribution >= 0.6 is 0 Å². The summed E-state index contributed by atoms with van der Waals surface area (Å²) in [4.78, 5) is 0. The van der Waals surface area contributed by atoms with Crippen molar-refractivity contribution >= 4 is 0 Å². The molecule has 0 unspecified atom stereocenters. The van der Waals surface area contributed by atoms with Crippen molar-refractivity contribution in [1.29, 1.82) is 0 Å². The van der Waals surface area contributed by atoms with E-state index >= 15 is 0 Å². The molecule has 1 aromatic rings. The summed E-state index contributed by atoms with van der Waals surface area (Å²) in [6, 6.07) is 4.66. The molecule has 0 saturated heterocycles. The van der Waals surface area contributed by atoms with Crippen LogP contribution in [0.2, 0.25) is 0 Å². The van der Waals surface area contributed by atoms with Crippen molar-refractivity contribution in [1.82, 2.24) is 5.32 Å². The maximum atomic E-state index is 5.52. The Morgan fingerprint density at radius 1 is 1.05 bits per heavy atom. The lowest BCUT2D eigenvalue weighted by Gasteiger charge is -2.19. The lowest BCUT2D eigenvalue weighted by molar-refractivity contribution is 0.321. The number of benzene rings is 1. The standard InChI is InChI=1S/C17H27NO3/c1-12-6-5-7-14(12)18-11-10-13-8-9-15(19-2)17(21-4)16(13)20-3/h8-9,12,14,18H,5-7,10-11H2,1-4H3/t12-,14-/m1/s1. The van der Waals surface area contributed by atoms with Gasteiger partial charge in [-0.15, -0.1) is 0 Å². The lowest BCUT2D eigenvalue weighted by atomic mass is 10.1. The van der Waals surface area contributed by atoms with Gasteiger partial charge in [-0.1, -0.05) is 19.4 Å². The average Bonchev–Trinajstić information content (AvgIpc) is 2.91. The van der Waals surface area contributed by atoms with Crippen LogP contribution < -0.4 is 19.5 Å². The van der Waals surface area contributed by atoms with Crippen LogP contribution in [0.4, 0.5) is 0 Å². The third kappa shape index (κ3) is 3.62. The smallest absolute Gasteiger partial charge is 0.203 e. The summed E-state index contributed by atoms with van der Waals surface area (Å²) in [6.45, 7) is 3.29. The van der Waals surface area contributed by atoms with E-state index in [0.717, 1.165) is 30.2 Å². The molecule has 0 aromatic heterocycles. The molecule has 2 rings (SSSR count). The van der Waals surface area contributed by atoms with Gasteiger partial charge in [0.2, 0.25) is 5.75 Å². The van der Waals surface area contributed by atoms with Gasteiger partial charge in [-0.25, -0.2) is 0 Å². The zero-order chi connectivity index (χ0) is 15.2. The maximum absolute atomic E-state index is 5.52. The molecule has 1 aliphatic carbocycles. The Bertz CT molecular complexity index is 462. The number of ether oxygens (including phenoxy) is 3. The van der Waals surface area contributed by atoms with Gasteiger partial charge in [0.25, 0.3) is 0 Å². The highest BCUT2D eigenvalue weighted by Gasteiger charge is 2.22. The van der Waals surface area contributed by atoms with Crippen LogP contribution in [0.15, 0.2) is 12.1 Å². The van der Waals surface area contributed by atoms with Crippen LogP contribution in [0.1, 0.15) is 31.7 Å². The number of rotatable bonds is 7. The first kappa shape index (κ1) is 16.0. The number of nitrogens with one attached hydrogen (secondary N) is 1. The quantitative estimate of drug-likeness (QED) is 0.839. The Labute approximate surface area is 127 Å². The first-order valence-corrected chi connectivity index (χ1v) is 7.72. The summed E-state index contributed by atoms with van der Waals surface area (Å²) in [5, 5.41) is 3.67. The molecule has 0 bridgehead atoms. The largest absolute Gasteiger partial charge is 0.493 e. The van der Waals surface area contributed by atoms with Crippen molar-refractivity contribution in [3.8, 4) is 17.2 Å². The molecule has 0 aliphatic heterocycles. The normalized spacial score (nSPS) is 21.3. The molecule has 1 saturated carbocycles. The molecular formula is C17H27NO3. The van der Waals surface area contributed by atoms with E-state index in [-0.39, 0.29) is 0 Å². The molecule has 1 fully saturated rings. The Morgan fingerprint density at radius 3 is 2.38 bits per heavy atom. The van der Waals surface area contributed by atoms with E-state index in [2.05, 4.69) is 18.3 Å². The maximum Gasteiger partial charge on any atom is 0.203 e. The molecule has 0 heterocycles. The van der Waals surface area contributed by atoms with Gasteiger partial charge < -0.3 is 19.5 Å². The summed E-state index contributed by atoms with van der Waals surface area (Å²) < 4.78 is 16.3. The zero-order valence-corrected chi connectivity index (χ0v) is 13.6. The van der Waals surface area contributed by atoms with Crippen molar-refractivity contribution in [2.45, 2.75) is 38.6 Å². The molecule has 1 aliphatic rings. The van der Waals surface area contributed by atoms with Crippen molar-refractivity contribution in [3.05, 3.63) is 17.7 Å². The van der Waals surface area contributed by atoms with Crippen LogP contribution in [0.25, 0.3) is 0 Å². The number of hydrogen-bond donors (Lipinski definition) is 1. The molecule has 0 amide bonds. The van der Waals surface area contributed by atoms with Gasteiger partial charge in [0, 0.05) is 6.04 Å². The highest BCUT2D eigenvalue weighted by molar-refractivity contribution is 5.55. The topological polar surface area (TPSA) is 39.7 Å². The predicted molar refractivity (Wildman–Crippen MR) is 84.6 cm³/mol. The van der Waals surface area contributed by atoms with Crippen molar-refractivity contribution < 1.29 is 14.2 Å². The van der Waals surface area contributed by atoms with E-state index in [1.807, 2.05) is 6.07 Å². The van der Waals surface area contributed by atoms with Gasteiger partial charge in [0.15, 0.2) is 11.5 Å². The molecule has 4 heteroatoms. The molecular weight excluding hydrogens is 266 g/mol. The molecule has 0 spiro atoms. The third-order valence-electron chi connectivity index (χ3n) is 4.45. The van der Waals surface area contributed by atoms with Crippen LogP contribution in [0.5, 0.6) is 17.2 Å². The monoisotopic (exact) mass is 293 g/mol. The first-order valence-electron chi connectivity index (χ1n) is 7.72.